The van der Waals surface area contributed by atoms with Crippen molar-refractivity contribution in [1.29, 1.82) is 0 Å². The third-order valence-corrected chi connectivity index (χ3v) is 4.50. The molecule has 2 unspecified atom stereocenters. The molecule has 5 nitrogen and oxygen atoms in total. The molecule has 0 spiro atoms. The van der Waals surface area contributed by atoms with Crippen molar-refractivity contribution in [1.82, 2.24) is 9.88 Å². The highest BCUT2D eigenvalue weighted by Crippen LogP contribution is 2.36. The van der Waals surface area contributed by atoms with Crippen LogP contribution in [0.15, 0.2) is 12.1 Å². The van der Waals surface area contributed by atoms with Gasteiger partial charge in [0.2, 0.25) is 0 Å². The van der Waals surface area contributed by atoms with Gasteiger partial charge in [-0.3, -0.25) is 4.79 Å². The van der Waals surface area contributed by atoms with Crippen molar-refractivity contribution in [3.63, 3.8) is 0 Å². The second kappa shape index (κ2) is 5.64. The number of amides is 1. The maximum absolute atomic E-state index is 12.9. The zero-order valence-electron chi connectivity index (χ0n) is 12.7. The number of anilines is 1. The van der Waals surface area contributed by atoms with Crippen LogP contribution >= 0.6 is 0 Å². The molecule has 0 aromatic carbocycles. The molecule has 3 heterocycles. The van der Waals surface area contributed by atoms with E-state index in [1.165, 1.54) is 0 Å². The van der Waals surface area contributed by atoms with E-state index >= 15 is 0 Å². The lowest BCUT2D eigenvalue weighted by Gasteiger charge is -2.37. The molecule has 21 heavy (non-hydrogen) atoms. The molecule has 2 N–H and O–H groups in total. The van der Waals surface area contributed by atoms with Gasteiger partial charge in [-0.1, -0.05) is 0 Å². The Bertz CT molecular complexity index is 532. The Labute approximate surface area is 125 Å². The first-order valence-corrected chi connectivity index (χ1v) is 7.81. The average Bonchev–Trinajstić information content (AvgIpc) is 2.70. The minimum Gasteiger partial charge on any atom is -0.393 e. The summed E-state index contributed by atoms with van der Waals surface area (Å²) in [5, 5.41) is 13.0. The van der Waals surface area contributed by atoms with Gasteiger partial charge in [0.25, 0.3) is 5.91 Å². The Morgan fingerprint density at radius 2 is 2.05 bits per heavy atom. The Balaban J connectivity index is 1.85. The maximum Gasteiger partial charge on any atom is 0.254 e. The number of fused-ring (bicyclic) bond motifs is 2. The molecule has 0 radical (unpaired) electrons. The van der Waals surface area contributed by atoms with E-state index in [2.05, 4.69) is 10.3 Å². The molecule has 114 valence electrons. The summed E-state index contributed by atoms with van der Waals surface area (Å²) < 4.78 is 0. The first-order valence-electron chi connectivity index (χ1n) is 7.81. The van der Waals surface area contributed by atoms with Crippen molar-refractivity contribution in [2.24, 2.45) is 0 Å². The number of aliphatic hydroxyl groups excluding tert-OH is 1. The largest absolute Gasteiger partial charge is 0.393 e. The fourth-order valence-corrected chi connectivity index (χ4v) is 3.69. The summed E-state index contributed by atoms with van der Waals surface area (Å²) in [4.78, 5) is 19.3. The second-order valence-electron chi connectivity index (χ2n) is 6.14. The molecule has 0 saturated carbocycles. The van der Waals surface area contributed by atoms with E-state index in [-0.39, 0.29) is 24.1 Å². The van der Waals surface area contributed by atoms with Gasteiger partial charge >= 0.3 is 0 Å². The second-order valence-corrected chi connectivity index (χ2v) is 6.14. The van der Waals surface area contributed by atoms with Crippen LogP contribution in [0, 0.1) is 6.92 Å². The number of piperidine rings is 1. The van der Waals surface area contributed by atoms with E-state index in [1.807, 2.05) is 30.9 Å². The summed E-state index contributed by atoms with van der Waals surface area (Å²) >= 11 is 0. The van der Waals surface area contributed by atoms with E-state index in [1.54, 1.807) is 0 Å². The van der Waals surface area contributed by atoms with Crippen molar-refractivity contribution in [3.05, 3.63) is 23.4 Å². The minimum absolute atomic E-state index is 0.0825. The molecule has 1 amide bonds. The summed E-state index contributed by atoms with van der Waals surface area (Å²) in [5.74, 6) is 0.837. The number of carbonyl (C=O) groups excluding carboxylic acids is 1. The number of rotatable bonds is 3. The number of carbonyl (C=O) groups is 1. The van der Waals surface area contributed by atoms with Crippen molar-refractivity contribution in [2.45, 2.75) is 57.7 Å². The molecule has 0 aliphatic carbocycles. The van der Waals surface area contributed by atoms with Crippen LogP contribution in [0.4, 0.5) is 5.82 Å². The van der Waals surface area contributed by atoms with E-state index in [0.29, 0.717) is 18.4 Å². The van der Waals surface area contributed by atoms with Gasteiger partial charge in [-0.15, -0.1) is 0 Å². The fourth-order valence-electron chi connectivity index (χ4n) is 3.69. The number of nitrogens with one attached hydrogen (secondary N) is 1. The normalized spacial score (nSPS) is 27.8. The number of nitrogens with zero attached hydrogens (tertiary/aromatic N) is 2. The van der Waals surface area contributed by atoms with Gasteiger partial charge in [-0.25, -0.2) is 4.98 Å². The quantitative estimate of drug-likeness (QED) is 0.892. The number of aromatic nitrogens is 1. The van der Waals surface area contributed by atoms with Gasteiger partial charge in [0.15, 0.2) is 0 Å². The Hall–Kier alpha value is -1.62. The SMILES string of the molecule is CCNc1cc(C(=O)N2C3CCC2CC(O)C3)cc(C)n1. The van der Waals surface area contributed by atoms with Crippen LogP contribution < -0.4 is 5.32 Å². The van der Waals surface area contributed by atoms with Gasteiger partial charge in [-0.2, -0.15) is 0 Å². The molecule has 2 bridgehead atoms. The van der Waals surface area contributed by atoms with Gasteiger partial charge in [0.05, 0.1) is 6.10 Å². The first kappa shape index (κ1) is 14.3. The van der Waals surface area contributed by atoms with Crippen LogP contribution in [0.5, 0.6) is 0 Å². The molecule has 2 aliphatic rings. The van der Waals surface area contributed by atoms with Crippen LogP contribution in [0.2, 0.25) is 0 Å². The maximum atomic E-state index is 12.9. The van der Waals surface area contributed by atoms with E-state index in [9.17, 15) is 9.90 Å². The zero-order valence-corrected chi connectivity index (χ0v) is 12.7. The molecule has 1 aromatic heterocycles. The lowest BCUT2D eigenvalue weighted by atomic mass is 9.98. The lowest BCUT2D eigenvalue weighted by Crippen LogP contribution is -2.48. The van der Waals surface area contributed by atoms with Crippen molar-refractivity contribution in [3.8, 4) is 0 Å². The van der Waals surface area contributed by atoms with Gasteiger partial charge < -0.3 is 15.3 Å². The third kappa shape index (κ3) is 2.75. The lowest BCUT2D eigenvalue weighted by molar-refractivity contribution is 0.0287. The Morgan fingerprint density at radius 3 is 2.67 bits per heavy atom. The molecule has 5 heteroatoms. The number of aryl methyl sites for hydroxylation is 1. The molecule has 2 atom stereocenters. The molecule has 3 rings (SSSR count). The van der Waals surface area contributed by atoms with Gasteiger partial charge in [0, 0.05) is 29.9 Å². The highest BCUT2D eigenvalue weighted by atomic mass is 16.3. The van der Waals surface area contributed by atoms with Crippen LogP contribution in [0.1, 0.15) is 48.7 Å². The predicted octanol–water partition coefficient (Wildman–Crippen LogP) is 1.95. The number of hydrogen-bond donors (Lipinski definition) is 2. The average molecular weight is 289 g/mol. The Morgan fingerprint density at radius 1 is 1.38 bits per heavy atom. The number of hydrogen-bond acceptors (Lipinski definition) is 4. The Kier molecular flexibility index (Phi) is 3.85. The summed E-state index contributed by atoms with van der Waals surface area (Å²) in [6, 6.07) is 4.08. The molecular weight excluding hydrogens is 266 g/mol. The van der Waals surface area contributed by atoms with E-state index < -0.39 is 0 Å². The summed E-state index contributed by atoms with van der Waals surface area (Å²) in [6.07, 6.45) is 3.21. The van der Waals surface area contributed by atoms with Crippen molar-refractivity contribution < 1.29 is 9.90 Å². The van der Waals surface area contributed by atoms with Crippen molar-refractivity contribution >= 4 is 11.7 Å². The molecule has 2 saturated heterocycles. The van der Waals surface area contributed by atoms with E-state index in [4.69, 9.17) is 0 Å². The van der Waals surface area contributed by atoms with Crippen LogP contribution in [0.3, 0.4) is 0 Å². The first-order chi connectivity index (χ1) is 10.1. The standard InChI is InChI=1S/C16H23N3O2/c1-3-17-15-7-11(6-10(2)18-15)16(21)19-12-4-5-13(19)9-14(20)8-12/h6-7,12-14,20H,3-5,8-9H2,1-2H3,(H,17,18). The zero-order chi connectivity index (χ0) is 15.0. The highest BCUT2D eigenvalue weighted by Gasteiger charge is 2.42. The van der Waals surface area contributed by atoms with Gasteiger partial charge in [0.1, 0.15) is 5.82 Å². The molecular formula is C16H23N3O2. The number of pyridine rings is 1. The predicted molar refractivity (Wildman–Crippen MR) is 81.4 cm³/mol. The highest BCUT2D eigenvalue weighted by molar-refractivity contribution is 5.95. The smallest absolute Gasteiger partial charge is 0.254 e. The monoisotopic (exact) mass is 289 g/mol. The summed E-state index contributed by atoms with van der Waals surface area (Å²) in [6.45, 7) is 4.70. The third-order valence-electron chi connectivity index (χ3n) is 4.50. The molecule has 2 fully saturated rings. The molecule has 2 aliphatic heterocycles. The van der Waals surface area contributed by atoms with Crippen LogP contribution in [-0.4, -0.2) is 45.6 Å². The topological polar surface area (TPSA) is 65.5 Å². The summed E-state index contributed by atoms with van der Waals surface area (Å²) in [5.41, 5.74) is 1.55. The molecule has 1 aromatic rings. The van der Waals surface area contributed by atoms with Crippen molar-refractivity contribution in [2.75, 3.05) is 11.9 Å². The van der Waals surface area contributed by atoms with Gasteiger partial charge in [-0.05, 0) is 51.7 Å². The van der Waals surface area contributed by atoms with E-state index in [0.717, 1.165) is 30.9 Å². The minimum atomic E-state index is -0.247. The fraction of sp³-hybridized carbons (Fsp3) is 0.625. The van der Waals surface area contributed by atoms with Crippen LogP contribution in [0.25, 0.3) is 0 Å². The summed E-state index contributed by atoms with van der Waals surface area (Å²) in [7, 11) is 0. The number of aliphatic hydroxyl groups is 1. The van der Waals surface area contributed by atoms with Crippen LogP contribution in [-0.2, 0) is 0 Å².